The van der Waals surface area contributed by atoms with E-state index in [0.29, 0.717) is 35.5 Å². The molecule has 0 aliphatic rings. The molecule has 0 aliphatic heterocycles. The maximum atomic E-state index is 5.61. The van der Waals surface area contributed by atoms with Gasteiger partial charge in [-0.05, 0) is 58.6 Å². The number of nitrogens with zero attached hydrogens (tertiary/aromatic N) is 1. The van der Waals surface area contributed by atoms with Crippen molar-refractivity contribution < 1.29 is 4.42 Å². The van der Waals surface area contributed by atoms with Gasteiger partial charge < -0.3 is 4.42 Å². The zero-order valence-corrected chi connectivity index (χ0v) is 25.7. The van der Waals surface area contributed by atoms with E-state index >= 15 is 0 Å². The first-order valence-electron chi connectivity index (χ1n) is 14.1. The Hall–Kier alpha value is -2.61. The lowest BCUT2D eigenvalue weighted by Gasteiger charge is -2.07. The number of hydrogen-bond donors (Lipinski definition) is 0. The Morgan fingerprint density at radius 1 is 0.541 bits per heavy atom. The Labute approximate surface area is 228 Å². The minimum Gasteiger partial charge on any atom is -0.466 e. The van der Waals surface area contributed by atoms with Crippen LogP contribution in [0.2, 0.25) is 0 Å². The molecular formula is C35H53NO. The van der Waals surface area contributed by atoms with Crippen LogP contribution in [0.5, 0.6) is 0 Å². The highest BCUT2D eigenvalue weighted by atomic mass is 16.3. The van der Waals surface area contributed by atoms with Crippen molar-refractivity contribution in [2.24, 2.45) is 5.92 Å². The molecule has 2 heterocycles. The molecule has 1 aromatic carbocycles. The van der Waals surface area contributed by atoms with Crippen molar-refractivity contribution in [1.82, 2.24) is 4.98 Å². The van der Waals surface area contributed by atoms with Crippen LogP contribution in [0.1, 0.15) is 147 Å². The minimum absolute atomic E-state index is 0.502. The van der Waals surface area contributed by atoms with Crippen molar-refractivity contribution in [2.75, 3.05) is 0 Å². The van der Waals surface area contributed by atoms with Crippen LogP contribution in [0.4, 0.5) is 0 Å². The highest BCUT2D eigenvalue weighted by molar-refractivity contribution is 5.50. The summed E-state index contributed by atoms with van der Waals surface area (Å²) >= 11 is 0. The van der Waals surface area contributed by atoms with Crippen LogP contribution in [0.25, 0.3) is 6.08 Å². The highest BCUT2D eigenvalue weighted by Crippen LogP contribution is 2.22. The highest BCUT2D eigenvalue weighted by Gasteiger charge is 2.07. The van der Waals surface area contributed by atoms with Crippen molar-refractivity contribution in [1.29, 1.82) is 0 Å². The van der Waals surface area contributed by atoms with Crippen LogP contribution in [-0.2, 0) is 0 Å². The van der Waals surface area contributed by atoms with E-state index in [-0.39, 0.29) is 0 Å². The quantitative estimate of drug-likeness (QED) is 0.320. The number of aromatic nitrogens is 1. The van der Waals surface area contributed by atoms with Gasteiger partial charge in [0.1, 0.15) is 11.5 Å². The van der Waals surface area contributed by atoms with Gasteiger partial charge in [-0.2, -0.15) is 0 Å². The second kappa shape index (κ2) is 16.3. The molecule has 0 N–H and O–H groups in total. The van der Waals surface area contributed by atoms with E-state index in [9.17, 15) is 0 Å². The van der Waals surface area contributed by atoms with Gasteiger partial charge in [0.2, 0.25) is 0 Å². The third-order valence-electron chi connectivity index (χ3n) is 6.13. The topological polar surface area (TPSA) is 26.0 Å². The Morgan fingerprint density at radius 3 is 1.35 bits per heavy atom. The molecule has 0 atom stereocenters. The molecule has 2 aromatic heterocycles. The van der Waals surface area contributed by atoms with E-state index in [2.05, 4.69) is 149 Å². The fraction of sp³-hybridized carbons (Fsp3) is 0.514. The van der Waals surface area contributed by atoms with Crippen molar-refractivity contribution in [3.05, 3.63) is 94.7 Å². The Balaban J connectivity index is 0.000000280. The van der Waals surface area contributed by atoms with Crippen LogP contribution in [0, 0.1) is 5.92 Å². The van der Waals surface area contributed by atoms with E-state index < -0.39 is 0 Å². The SMILES string of the molecule is CC(C)/C=C/c1ccc(C(C)C)cc1.CC(C)c1ccc(C(C)C)nc1.CC(C)c1ccc(C(C)C)o1. The smallest absolute Gasteiger partial charge is 0.106 e. The van der Waals surface area contributed by atoms with Gasteiger partial charge in [0.05, 0.1) is 0 Å². The molecule has 0 unspecified atom stereocenters. The standard InChI is InChI=1S/C14H20.C11H17N.C10H16O/c1-11(2)5-6-13-7-9-14(10-8-13)12(3)4;1-8(2)10-5-6-11(9(3)4)12-7-10;1-7(2)9-5-6-10(11-9)8(3)4/h5-12H,1-4H3;5-9H,1-4H3;5-8H,1-4H3/b6-5+;;. The van der Waals surface area contributed by atoms with Gasteiger partial charge in [-0.25, -0.2) is 0 Å². The summed E-state index contributed by atoms with van der Waals surface area (Å²) in [6.45, 7) is 26.1. The number of pyridine rings is 1. The summed E-state index contributed by atoms with van der Waals surface area (Å²) in [5, 5.41) is 0. The number of allylic oxidation sites excluding steroid dienone is 1. The number of furan rings is 1. The van der Waals surface area contributed by atoms with Crippen LogP contribution in [0.3, 0.4) is 0 Å². The Morgan fingerprint density at radius 2 is 1.03 bits per heavy atom. The molecule has 204 valence electrons. The predicted octanol–water partition coefficient (Wildman–Crippen LogP) is 11.3. The predicted molar refractivity (Wildman–Crippen MR) is 164 cm³/mol. The number of hydrogen-bond acceptors (Lipinski definition) is 2. The molecule has 0 saturated carbocycles. The Kier molecular flexibility index (Phi) is 14.3. The second-order valence-electron chi connectivity index (χ2n) is 11.8. The first-order chi connectivity index (χ1) is 17.3. The van der Waals surface area contributed by atoms with E-state index in [1.807, 2.05) is 6.20 Å². The molecule has 3 rings (SSSR count). The van der Waals surface area contributed by atoms with Crippen molar-refractivity contribution in [3.63, 3.8) is 0 Å². The zero-order valence-electron chi connectivity index (χ0n) is 25.7. The third kappa shape index (κ3) is 12.5. The molecule has 0 spiro atoms. The molecule has 0 bridgehead atoms. The first-order valence-corrected chi connectivity index (χ1v) is 14.1. The van der Waals surface area contributed by atoms with Crippen molar-refractivity contribution in [2.45, 2.75) is 113 Å². The molecule has 0 fully saturated rings. The summed E-state index contributed by atoms with van der Waals surface area (Å²) in [6, 6.07) is 17.2. The van der Waals surface area contributed by atoms with Gasteiger partial charge in [0.15, 0.2) is 0 Å². The lowest BCUT2D eigenvalue weighted by molar-refractivity contribution is 0.432. The summed E-state index contributed by atoms with van der Waals surface area (Å²) < 4.78 is 5.61. The lowest BCUT2D eigenvalue weighted by Crippen LogP contribution is -1.94. The van der Waals surface area contributed by atoms with Gasteiger partial charge in [0, 0.05) is 23.7 Å². The van der Waals surface area contributed by atoms with Gasteiger partial charge in [-0.3, -0.25) is 4.98 Å². The van der Waals surface area contributed by atoms with Gasteiger partial charge in [-0.1, -0.05) is 126 Å². The molecular weight excluding hydrogens is 450 g/mol. The fourth-order valence-electron chi connectivity index (χ4n) is 3.38. The summed E-state index contributed by atoms with van der Waals surface area (Å²) in [5.74, 6) is 5.55. The molecule has 37 heavy (non-hydrogen) atoms. The normalized spacial score (nSPS) is 11.5. The Bertz CT molecular complexity index is 966. The number of benzene rings is 1. The molecule has 2 nitrogen and oxygen atoms in total. The van der Waals surface area contributed by atoms with Crippen molar-refractivity contribution in [3.8, 4) is 0 Å². The third-order valence-corrected chi connectivity index (χ3v) is 6.13. The van der Waals surface area contributed by atoms with E-state index in [0.717, 1.165) is 11.5 Å². The van der Waals surface area contributed by atoms with E-state index in [1.165, 1.54) is 22.4 Å². The molecule has 0 saturated heterocycles. The molecule has 0 aliphatic carbocycles. The second-order valence-corrected chi connectivity index (χ2v) is 11.8. The van der Waals surface area contributed by atoms with Crippen LogP contribution in [0.15, 0.2) is 65.2 Å². The summed E-state index contributed by atoms with van der Waals surface area (Å²) in [6.07, 6.45) is 6.40. The summed E-state index contributed by atoms with van der Waals surface area (Å²) in [7, 11) is 0. The van der Waals surface area contributed by atoms with Crippen LogP contribution < -0.4 is 0 Å². The lowest BCUT2D eigenvalue weighted by atomic mass is 10.0. The average molecular weight is 504 g/mol. The van der Waals surface area contributed by atoms with E-state index in [4.69, 9.17) is 4.42 Å². The molecule has 0 radical (unpaired) electrons. The van der Waals surface area contributed by atoms with Gasteiger partial charge in [-0.15, -0.1) is 0 Å². The van der Waals surface area contributed by atoms with Gasteiger partial charge >= 0.3 is 0 Å². The van der Waals surface area contributed by atoms with Gasteiger partial charge in [0.25, 0.3) is 0 Å². The number of rotatable bonds is 7. The maximum Gasteiger partial charge on any atom is 0.106 e. The molecule has 3 aromatic rings. The summed E-state index contributed by atoms with van der Waals surface area (Å²) in [5.41, 5.74) is 5.20. The maximum absolute atomic E-state index is 5.61. The zero-order chi connectivity index (χ0) is 28.1. The van der Waals surface area contributed by atoms with Crippen LogP contribution in [-0.4, -0.2) is 4.98 Å². The van der Waals surface area contributed by atoms with Crippen LogP contribution >= 0.6 is 0 Å². The minimum atomic E-state index is 0.502. The molecule has 2 heteroatoms. The van der Waals surface area contributed by atoms with E-state index in [1.54, 1.807) is 0 Å². The monoisotopic (exact) mass is 503 g/mol. The average Bonchev–Trinajstić information content (AvgIpc) is 3.35. The summed E-state index contributed by atoms with van der Waals surface area (Å²) in [4.78, 5) is 4.40. The molecule has 0 amide bonds. The largest absolute Gasteiger partial charge is 0.466 e. The first kappa shape index (κ1) is 32.4. The van der Waals surface area contributed by atoms with Crippen molar-refractivity contribution >= 4 is 6.08 Å². The fourth-order valence-corrected chi connectivity index (χ4v) is 3.38.